The Balaban J connectivity index is 1.92. The molecule has 4 nitrogen and oxygen atoms in total. The molecular weight excluding hydrogens is 308 g/mol. The van der Waals surface area contributed by atoms with Gasteiger partial charge >= 0.3 is 0 Å². The van der Waals surface area contributed by atoms with Crippen LogP contribution >= 0.6 is 22.9 Å². The van der Waals surface area contributed by atoms with Gasteiger partial charge < -0.3 is 4.74 Å². The van der Waals surface area contributed by atoms with E-state index < -0.39 is 5.92 Å². The third kappa shape index (κ3) is 4.11. The van der Waals surface area contributed by atoms with Crippen LogP contribution in [0.5, 0.6) is 0 Å². The van der Waals surface area contributed by atoms with E-state index in [9.17, 15) is 4.79 Å². The maximum absolute atomic E-state index is 12.0. The molecule has 0 saturated carbocycles. The molecule has 6 heteroatoms. The molecule has 2 aromatic rings. The molecule has 1 heterocycles. The molecule has 0 aliphatic carbocycles. The number of nitriles is 1. The van der Waals surface area contributed by atoms with Crippen molar-refractivity contribution in [2.24, 2.45) is 0 Å². The lowest BCUT2D eigenvalue weighted by Gasteiger charge is -2.07. The Morgan fingerprint density at radius 1 is 1.52 bits per heavy atom. The molecule has 0 radical (unpaired) electrons. The summed E-state index contributed by atoms with van der Waals surface area (Å²) in [6, 6.07) is 9.26. The average Bonchev–Trinajstić information content (AvgIpc) is 2.88. The SMILES string of the molecule is Cc1csc([C@H](C#N)C(=O)COCc2ccccc2Cl)n1. The van der Waals surface area contributed by atoms with Crippen LogP contribution in [0.2, 0.25) is 5.02 Å². The number of hydrogen-bond acceptors (Lipinski definition) is 5. The van der Waals surface area contributed by atoms with Gasteiger partial charge in [-0.1, -0.05) is 29.8 Å². The van der Waals surface area contributed by atoms with Gasteiger partial charge in [0.1, 0.15) is 11.6 Å². The summed E-state index contributed by atoms with van der Waals surface area (Å²) < 4.78 is 5.37. The highest BCUT2D eigenvalue weighted by Gasteiger charge is 2.23. The Kier molecular flexibility index (Phi) is 5.45. The molecule has 0 fully saturated rings. The fourth-order valence-electron chi connectivity index (χ4n) is 1.73. The number of rotatable bonds is 6. The Morgan fingerprint density at radius 3 is 2.90 bits per heavy atom. The van der Waals surface area contributed by atoms with Crippen LogP contribution in [0.15, 0.2) is 29.6 Å². The molecule has 0 amide bonds. The quantitative estimate of drug-likeness (QED) is 0.817. The van der Waals surface area contributed by atoms with Gasteiger partial charge in [-0.2, -0.15) is 5.26 Å². The van der Waals surface area contributed by atoms with Crippen LogP contribution in [0.4, 0.5) is 0 Å². The maximum atomic E-state index is 12.0. The van der Waals surface area contributed by atoms with E-state index in [-0.39, 0.29) is 19.0 Å². The lowest BCUT2D eigenvalue weighted by Crippen LogP contribution is -2.17. The largest absolute Gasteiger partial charge is 0.369 e. The van der Waals surface area contributed by atoms with E-state index in [2.05, 4.69) is 4.98 Å². The van der Waals surface area contributed by atoms with Crippen LogP contribution in [0.1, 0.15) is 22.2 Å². The molecule has 0 aliphatic heterocycles. The number of carbonyl (C=O) groups is 1. The van der Waals surface area contributed by atoms with Gasteiger partial charge in [0, 0.05) is 16.1 Å². The van der Waals surface area contributed by atoms with Crippen molar-refractivity contribution in [3.63, 3.8) is 0 Å². The Labute approximate surface area is 132 Å². The van der Waals surface area contributed by atoms with Crippen molar-refractivity contribution in [2.45, 2.75) is 19.4 Å². The Hall–Kier alpha value is -1.74. The van der Waals surface area contributed by atoms with Crippen molar-refractivity contribution in [3.05, 3.63) is 50.9 Å². The van der Waals surface area contributed by atoms with Crippen molar-refractivity contribution in [3.8, 4) is 6.07 Å². The van der Waals surface area contributed by atoms with Crippen molar-refractivity contribution in [1.82, 2.24) is 4.98 Å². The molecule has 0 saturated heterocycles. The predicted octanol–water partition coefficient (Wildman–Crippen LogP) is 3.50. The van der Waals surface area contributed by atoms with E-state index in [1.165, 1.54) is 11.3 Å². The van der Waals surface area contributed by atoms with E-state index in [4.69, 9.17) is 21.6 Å². The topological polar surface area (TPSA) is 63.0 Å². The smallest absolute Gasteiger partial charge is 0.182 e. The molecule has 0 bridgehead atoms. The van der Waals surface area contributed by atoms with E-state index >= 15 is 0 Å². The first-order chi connectivity index (χ1) is 10.1. The molecular formula is C15H13ClN2O2S. The summed E-state index contributed by atoms with van der Waals surface area (Å²) in [4.78, 5) is 16.2. The second kappa shape index (κ2) is 7.32. The zero-order chi connectivity index (χ0) is 15.2. The molecule has 0 aliphatic rings. The predicted molar refractivity (Wildman–Crippen MR) is 81.3 cm³/mol. The van der Waals surface area contributed by atoms with Gasteiger partial charge in [-0.15, -0.1) is 11.3 Å². The number of ether oxygens (including phenoxy) is 1. The van der Waals surface area contributed by atoms with Gasteiger partial charge in [-0.25, -0.2) is 4.98 Å². The summed E-state index contributed by atoms with van der Waals surface area (Å²) in [5.74, 6) is -1.16. The second-order valence-electron chi connectivity index (χ2n) is 4.44. The van der Waals surface area contributed by atoms with Crippen molar-refractivity contribution >= 4 is 28.7 Å². The summed E-state index contributed by atoms with van der Waals surface area (Å²) in [7, 11) is 0. The highest BCUT2D eigenvalue weighted by atomic mass is 35.5. The molecule has 0 N–H and O–H groups in total. The average molecular weight is 321 g/mol. The number of halogens is 1. The summed E-state index contributed by atoms with van der Waals surface area (Å²) >= 11 is 7.31. The molecule has 1 aromatic heterocycles. The molecule has 1 atom stereocenters. The third-order valence-corrected chi connectivity index (χ3v) is 4.19. The van der Waals surface area contributed by atoms with Crippen molar-refractivity contribution in [1.29, 1.82) is 5.26 Å². The summed E-state index contributed by atoms with van der Waals surface area (Å²) in [5.41, 5.74) is 1.62. The number of Topliss-reactive ketones (excluding diaryl/α,β-unsaturated/α-hetero) is 1. The summed E-state index contributed by atoms with van der Waals surface area (Å²) in [6.45, 7) is 1.93. The monoisotopic (exact) mass is 320 g/mol. The van der Waals surface area contributed by atoms with Gasteiger partial charge in [-0.05, 0) is 18.6 Å². The van der Waals surface area contributed by atoms with Crippen LogP contribution in [0, 0.1) is 18.3 Å². The normalized spacial score (nSPS) is 11.9. The Morgan fingerprint density at radius 2 is 2.29 bits per heavy atom. The van der Waals surface area contributed by atoms with E-state index in [1.807, 2.05) is 36.6 Å². The van der Waals surface area contributed by atoms with Gasteiger partial charge in [0.2, 0.25) is 0 Å². The number of benzene rings is 1. The van der Waals surface area contributed by atoms with Gasteiger partial charge in [0.05, 0.1) is 12.7 Å². The fraction of sp³-hybridized carbons (Fsp3) is 0.267. The second-order valence-corrected chi connectivity index (χ2v) is 5.74. The summed E-state index contributed by atoms with van der Waals surface area (Å²) in [5, 5.41) is 12.1. The van der Waals surface area contributed by atoms with Crippen molar-refractivity contribution < 1.29 is 9.53 Å². The minimum atomic E-state index is -0.866. The number of nitrogens with zero attached hydrogens (tertiary/aromatic N) is 2. The number of aryl methyl sites for hydroxylation is 1. The van der Waals surface area contributed by atoms with E-state index in [1.54, 1.807) is 6.07 Å². The molecule has 21 heavy (non-hydrogen) atoms. The minimum absolute atomic E-state index is 0.137. The summed E-state index contributed by atoms with van der Waals surface area (Å²) in [6.07, 6.45) is 0. The number of carbonyl (C=O) groups excluding carboxylic acids is 1. The number of thiazole rings is 1. The van der Waals surface area contributed by atoms with Crippen molar-refractivity contribution in [2.75, 3.05) is 6.61 Å². The van der Waals surface area contributed by atoms with Gasteiger partial charge in [-0.3, -0.25) is 4.79 Å². The van der Waals surface area contributed by atoms with Gasteiger partial charge in [0.25, 0.3) is 0 Å². The number of aromatic nitrogens is 1. The molecule has 2 rings (SSSR count). The zero-order valence-electron chi connectivity index (χ0n) is 11.4. The molecule has 108 valence electrons. The number of hydrogen-bond donors (Lipinski definition) is 0. The first-order valence-corrected chi connectivity index (χ1v) is 7.53. The highest BCUT2D eigenvalue weighted by Crippen LogP contribution is 2.21. The lowest BCUT2D eigenvalue weighted by molar-refractivity contribution is -0.124. The van der Waals surface area contributed by atoms with Crippen LogP contribution < -0.4 is 0 Å². The third-order valence-electron chi connectivity index (χ3n) is 2.79. The minimum Gasteiger partial charge on any atom is -0.369 e. The molecule has 0 unspecified atom stereocenters. The van der Waals surface area contributed by atoms with E-state index in [0.717, 1.165) is 11.3 Å². The Bertz CT molecular complexity index is 678. The first-order valence-electron chi connectivity index (χ1n) is 6.27. The molecule has 1 aromatic carbocycles. The van der Waals surface area contributed by atoms with Gasteiger partial charge in [0.15, 0.2) is 11.7 Å². The molecule has 0 spiro atoms. The van der Waals surface area contributed by atoms with E-state index in [0.29, 0.717) is 10.0 Å². The number of ketones is 1. The maximum Gasteiger partial charge on any atom is 0.182 e. The zero-order valence-corrected chi connectivity index (χ0v) is 12.9. The lowest BCUT2D eigenvalue weighted by atomic mass is 10.1. The van der Waals surface area contributed by atoms with Crippen LogP contribution in [0.25, 0.3) is 0 Å². The van der Waals surface area contributed by atoms with Crippen LogP contribution in [-0.2, 0) is 16.1 Å². The highest BCUT2D eigenvalue weighted by molar-refractivity contribution is 7.09. The standard InChI is InChI=1S/C15H13ClN2O2S/c1-10-9-21-15(18-10)12(6-17)14(19)8-20-7-11-4-2-3-5-13(11)16/h2-5,9,12H,7-8H2,1H3/t12-/m1/s1. The van der Waals surface area contributed by atoms with Crippen LogP contribution in [0.3, 0.4) is 0 Å². The van der Waals surface area contributed by atoms with Crippen LogP contribution in [-0.4, -0.2) is 17.4 Å². The fourth-order valence-corrected chi connectivity index (χ4v) is 2.78. The first kappa shape index (κ1) is 15.6.